The zero-order valence-corrected chi connectivity index (χ0v) is 20.6. The van der Waals surface area contributed by atoms with E-state index in [4.69, 9.17) is 0 Å². The van der Waals surface area contributed by atoms with Crippen molar-refractivity contribution in [1.82, 2.24) is 9.62 Å². The number of nitrogens with one attached hydrogen (secondary N) is 3. The van der Waals surface area contributed by atoms with E-state index in [1.54, 1.807) is 6.07 Å². The molecule has 3 rings (SSSR count). The van der Waals surface area contributed by atoms with E-state index in [1.807, 2.05) is 29.5 Å². The Bertz CT molecular complexity index is 1050. The number of hydrogen-bond donors (Lipinski definition) is 3. The molecule has 1 aliphatic heterocycles. The van der Waals surface area contributed by atoms with E-state index < -0.39 is 33.3 Å². The average Bonchev–Trinajstić information content (AvgIpc) is 2.75. The van der Waals surface area contributed by atoms with Crippen molar-refractivity contribution in [2.24, 2.45) is 5.92 Å². The molecule has 3 N–H and O–H groups in total. The lowest BCUT2D eigenvalue weighted by molar-refractivity contribution is 0.263. The molecular formula is C21H26F3IN4O2S. The normalized spacial score (nSPS) is 15.7. The quantitative estimate of drug-likeness (QED) is 0.293. The van der Waals surface area contributed by atoms with E-state index >= 15 is 0 Å². The maximum Gasteiger partial charge on any atom is 0.301 e. The Morgan fingerprint density at radius 3 is 2.41 bits per heavy atom. The second-order valence-corrected chi connectivity index (χ2v) is 10.5. The fourth-order valence-corrected chi connectivity index (χ4v) is 5.33. The highest BCUT2D eigenvalue weighted by atomic mass is 127. The first-order valence-corrected chi connectivity index (χ1v) is 12.9. The van der Waals surface area contributed by atoms with Crippen LogP contribution >= 0.6 is 22.6 Å². The molecular weight excluding hydrogens is 556 g/mol. The summed E-state index contributed by atoms with van der Waals surface area (Å²) in [4.78, 5) is 0. The third-order valence-corrected chi connectivity index (χ3v) is 7.61. The van der Waals surface area contributed by atoms with Crippen molar-refractivity contribution < 1.29 is 21.6 Å². The molecule has 1 fully saturated rings. The highest BCUT2D eigenvalue weighted by Crippen LogP contribution is 2.33. The monoisotopic (exact) mass is 582 g/mol. The number of hydrogen-bond acceptors (Lipinski definition) is 4. The number of rotatable bonds is 9. The largest absolute Gasteiger partial charge is 0.349 e. The SMILES string of the molecule is CCNCCC1CCN(S(=O)(=O)Nc2ccc(F)c(F)c2Nc2ccc(I)cc2F)CC1. The molecule has 32 heavy (non-hydrogen) atoms. The Hall–Kier alpha value is -1.57. The van der Waals surface area contributed by atoms with Gasteiger partial charge in [0.15, 0.2) is 11.6 Å². The zero-order chi connectivity index (χ0) is 23.3. The van der Waals surface area contributed by atoms with E-state index in [-0.39, 0.29) is 11.4 Å². The van der Waals surface area contributed by atoms with Gasteiger partial charge in [-0.3, -0.25) is 4.72 Å². The fourth-order valence-electron chi connectivity index (χ4n) is 3.61. The number of nitrogens with zero attached hydrogens (tertiary/aromatic N) is 1. The van der Waals surface area contributed by atoms with Crippen LogP contribution in [0.2, 0.25) is 0 Å². The van der Waals surface area contributed by atoms with Crippen LogP contribution in [0.15, 0.2) is 30.3 Å². The van der Waals surface area contributed by atoms with Crippen LogP contribution in [-0.4, -0.2) is 38.9 Å². The Kier molecular flexibility index (Phi) is 8.64. The Morgan fingerprint density at radius 2 is 1.75 bits per heavy atom. The second-order valence-electron chi connectivity index (χ2n) is 7.62. The van der Waals surface area contributed by atoms with Crippen molar-refractivity contribution in [3.05, 3.63) is 51.4 Å². The van der Waals surface area contributed by atoms with Gasteiger partial charge < -0.3 is 10.6 Å². The maximum atomic E-state index is 14.6. The number of piperidine rings is 1. The lowest BCUT2D eigenvalue weighted by Gasteiger charge is -2.31. The zero-order valence-electron chi connectivity index (χ0n) is 17.6. The van der Waals surface area contributed by atoms with Gasteiger partial charge in [-0.15, -0.1) is 0 Å². The molecule has 0 unspecified atom stereocenters. The van der Waals surface area contributed by atoms with Gasteiger partial charge in [0, 0.05) is 16.7 Å². The fraction of sp³-hybridized carbons (Fsp3) is 0.429. The van der Waals surface area contributed by atoms with E-state index in [0.717, 1.165) is 44.5 Å². The van der Waals surface area contributed by atoms with Gasteiger partial charge in [-0.1, -0.05) is 6.92 Å². The summed E-state index contributed by atoms with van der Waals surface area (Å²) in [5.74, 6) is -2.72. The van der Waals surface area contributed by atoms with Gasteiger partial charge in [-0.05, 0) is 91.2 Å². The smallest absolute Gasteiger partial charge is 0.301 e. The molecule has 0 atom stereocenters. The molecule has 0 radical (unpaired) electrons. The molecule has 11 heteroatoms. The first-order valence-electron chi connectivity index (χ1n) is 10.4. The van der Waals surface area contributed by atoms with Crippen LogP contribution in [0.5, 0.6) is 0 Å². The minimum absolute atomic E-state index is 0.100. The number of halogens is 4. The van der Waals surface area contributed by atoms with Crippen molar-refractivity contribution in [2.75, 3.05) is 36.2 Å². The Labute approximate surface area is 200 Å². The predicted octanol–water partition coefficient (Wildman–Crippen LogP) is 4.82. The molecule has 1 aliphatic rings. The van der Waals surface area contributed by atoms with Gasteiger partial charge in [0.2, 0.25) is 0 Å². The molecule has 0 bridgehead atoms. The number of anilines is 3. The summed E-state index contributed by atoms with van der Waals surface area (Å²) in [5, 5.41) is 5.76. The summed E-state index contributed by atoms with van der Waals surface area (Å²) in [7, 11) is -4.00. The lowest BCUT2D eigenvalue weighted by atomic mass is 9.95. The van der Waals surface area contributed by atoms with Crippen LogP contribution in [-0.2, 0) is 10.2 Å². The van der Waals surface area contributed by atoms with E-state index in [2.05, 4.69) is 15.4 Å². The summed E-state index contributed by atoms with van der Waals surface area (Å²) in [6, 6.07) is 6.14. The molecule has 1 saturated heterocycles. The third kappa shape index (κ3) is 6.27. The highest BCUT2D eigenvalue weighted by molar-refractivity contribution is 14.1. The minimum Gasteiger partial charge on any atom is -0.349 e. The van der Waals surface area contributed by atoms with Crippen LogP contribution in [0.1, 0.15) is 26.2 Å². The van der Waals surface area contributed by atoms with Crippen molar-refractivity contribution in [2.45, 2.75) is 26.2 Å². The van der Waals surface area contributed by atoms with Crippen LogP contribution < -0.4 is 15.4 Å². The van der Waals surface area contributed by atoms with Gasteiger partial charge in [0.25, 0.3) is 0 Å². The summed E-state index contributed by atoms with van der Waals surface area (Å²) in [6.07, 6.45) is 2.43. The first kappa shape index (κ1) is 25.1. The molecule has 6 nitrogen and oxygen atoms in total. The summed E-state index contributed by atoms with van der Waals surface area (Å²) in [5.41, 5.74) is -0.776. The molecule has 0 amide bonds. The highest BCUT2D eigenvalue weighted by Gasteiger charge is 2.29. The molecule has 2 aromatic rings. The summed E-state index contributed by atoms with van der Waals surface area (Å²) >= 11 is 1.92. The number of benzene rings is 2. The van der Waals surface area contributed by atoms with Crippen molar-refractivity contribution >= 4 is 49.9 Å². The summed E-state index contributed by atoms with van der Waals surface area (Å²) in [6.45, 7) is 4.50. The topological polar surface area (TPSA) is 73.5 Å². The standard InChI is InChI=1S/C21H26F3IN4O2S/c1-2-26-10-7-14-8-11-29(12-9-14)32(30,31)28-19-6-4-16(22)20(24)21(19)27-18-5-3-15(25)13-17(18)23/h3-6,13-14,26-28H,2,7-12H2,1H3. The molecule has 0 aliphatic carbocycles. The molecule has 0 aromatic heterocycles. The Balaban J connectivity index is 1.76. The van der Waals surface area contributed by atoms with Gasteiger partial charge >= 0.3 is 10.2 Å². The van der Waals surface area contributed by atoms with Gasteiger partial charge in [-0.2, -0.15) is 12.7 Å². The predicted molar refractivity (Wildman–Crippen MR) is 129 cm³/mol. The van der Waals surface area contributed by atoms with Crippen LogP contribution in [0, 0.1) is 26.9 Å². The first-order chi connectivity index (χ1) is 15.2. The molecule has 0 saturated carbocycles. The van der Waals surface area contributed by atoms with E-state index in [1.165, 1.54) is 16.4 Å². The average molecular weight is 582 g/mol. The minimum atomic E-state index is -4.00. The van der Waals surface area contributed by atoms with Crippen molar-refractivity contribution in [3.8, 4) is 0 Å². The van der Waals surface area contributed by atoms with Crippen LogP contribution in [0.4, 0.5) is 30.2 Å². The van der Waals surface area contributed by atoms with Crippen molar-refractivity contribution in [3.63, 3.8) is 0 Å². The van der Waals surface area contributed by atoms with E-state index in [0.29, 0.717) is 22.6 Å². The second kappa shape index (κ2) is 11.0. The Morgan fingerprint density at radius 1 is 1.06 bits per heavy atom. The summed E-state index contributed by atoms with van der Waals surface area (Å²) < 4.78 is 72.8. The van der Waals surface area contributed by atoms with Gasteiger partial charge in [0.1, 0.15) is 11.5 Å². The molecule has 176 valence electrons. The lowest BCUT2D eigenvalue weighted by Crippen LogP contribution is -2.42. The van der Waals surface area contributed by atoms with Gasteiger partial charge in [-0.25, -0.2) is 13.2 Å². The molecule has 0 spiro atoms. The maximum absolute atomic E-state index is 14.6. The third-order valence-electron chi connectivity index (χ3n) is 5.42. The molecule has 2 aromatic carbocycles. The van der Waals surface area contributed by atoms with Crippen LogP contribution in [0.3, 0.4) is 0 Å². The van der Waals surface area contributed by atoms with E-state index in [9.17, 15) is 21.6 Å². The molecule has 1 heterocycles. The van der Waals surface area contributed by atoms with Gasteiger partial charge in [0.05, 0.1) is 11.4 Å². The van der Waals surface area contributed by atoms with Crippen LogP contribution in [0.25, 0.3) is 0 Å². The van der Waals surface area contributed by atoms with Crippen molar-refractivity contribution in [1.29, 1.82) is 0 Å².